The van der Waals surface area contributed by atoms with E-state index >= 15 is 0 Å². The fourth-order valence-corrected chi connectivity index (χ4v) is 4.17. The molecule has 4 rings (SSSR count). The molecule has 29 heavy (non-hydrogen) atoms. The van der Waals surface area contributed by atoms with E-state index in [-0.39, 0.29) is 11.7 Å². The molecule has 5 heteroatoms. The van der Waals surface area contributed by atoms with Gasteiger partial charge >= 0.3 is 5.63 Å². The fraction of sp³-hybridized carbons (Fsp3) is 0.417. The number of nitrogens with zero attached hydrogens (tertiary/aromatic N) is 1. The summed E-state index contributed by atoms with van der Waals surface area (Å²) >= 11 is 0. The van der Waals surface area contributed by atoms with E-state index in [0.717, 1.165) is 54.7 Å². The van der Waals surface area contributed by atoms with E-state index in [0.29, 0.717) is 23.7 Å². The summed E-state index contributed by atoms with van der Waals surface area (Å²) in [6.07, 6.45) is 5.43. The summed E-state index contributed by atoms with van der Waals surface area (Å²) in [6.45, 7) is 3.87. The summed E-state index contributed by atoms with van der Waals surface area (Å²) in [6, 6.07) is 11.6. The van der Waals surface area contributed by atoms with Gasteiger partial charge < -0.3 is 14.0 Å². The van der Waals surface area contributed by atoms with Crippen LogP contribution in [0.3, 0.4) is 0 Å². The molecule has 0 amide bonds. The lowest BCUT2D eigenvalue weighted by atomic mass is 9.87. The summed E-state index contributed by atoms with van der Waals surface area (Å²) < 4.78 is 10.8. The van der Waals surface area contributed by atoms with Crippen molar-refractivity contribution in [1.82, 2.24) is 5.16 Å². The number of aromatic hydroxyl groups is 1. The number of rotatable bonds is 8. The Bertz CT molecular complexity index is 1010. The standard InChI is InChI=1S/C24H27NO4/c1-15-20(16(2)29-25-15)11-7-6-10-19-14-21(26)23(24(27)28-19)22(18-12-13-18)17-8-4-3-5-9-17/h3-5,8-9,14,18,22,26H,6-7,10-13H2,1-2H3. The van der Waals surface area contributed by atoms with Crippen molar-refractivity contribution in [3.05, 3.63) is 80.7 Å². The quantitative estimate of drug-likeness (QED) is 0.542. The third-order valence-corrected chi connectivity index (χ3v) is 5.86. The minimum atomic E-state index is -0.411. The van der Waals surface area contributed by atoms with E-state index in [2.05, 4.69) is 5.16 Å². The van der Waals surface area contributed by atoms with Crippen LogP contribution < -0.4 is 5.63 Å². The first kappa shape index (κ1) is 19.5. The third-order valence-electron chi connectivity index (χ3n) is 5.86. The molecule has 0 spiro atoms. The van der Waals surface area contributed by atoms with Crippen LogP contribution in [0.25, 0.3) is 0 Å². The molecular formula is C24H27NO4. The second kappa shape index (κ2) is 8.27. The predicted octanol–water partition coefficient (Wildman–Crippen LogP) is 5.06. The smallest absolute Gasteiger partial charge is 0.343 e. The normalized spacial score (nSPS) is 14.8. The molecule has 0 aliphatic heterocycles. The van der Waals surface area contributed by atoms with Gasteiger partial charge in [-0.3, -0.25) is 0 Å². The van der Waals surface area contributed by atoms with E-state index in [9.17, 15) is 9.90 Å². The van der Waals surface area contributed by atoms with Crippen molar-refractivity contribution in [2.45, 2.75) is 58.3 Å². The summed E-state index contributed by atoms with van der Waals surface area (Å²) in [5.41, 5.74) is 3.14. The van der Waals surface area contributed by atoms with E-state index < -0.39 is 5.63 Å². The molecule has 1 N–H and O–H groups in total. The van der Waals surface area contributed by atoms with Gasteiger partial charge in [-0.15, -0.1) is 0 Å². The number of aromatic nitrogens is 1. The van der Waals surface area contributed by atoms with Gasteiger partial charge in [-0.1, -0.05) is 35.5 Å². The maximum Gasteiger partial charge on any atom is 0.343 e. The Kier molecular flexibility index (Phi) is 5.56. The molecule has 152 valence electrons. The maximum absolute atomic E-state index is 12.8. The van der Waals surface area contributed by atoms with Crippen LogP contribution in [0, 0.1) is 19.8 Å². The Morgan fingerprint density at radius 1 is 1.14 bits per heavy atom. The van der Waals surface area contributed by atoms with Crippen molar-refractivity contribution < 1.29 is 14.0 Å². The van der Waals surface area contributed by atoms with E-state index in [1.807, 2.05) is 44.2 Å². The van der Waals surface area contributed by atoms with Crippen LogP contribution in [-0.4, -0.2) is 10.3 Å². The van der Waals surface area contributed by atoms with Crippen molar-refractivity contribution in [2.24, 2.45) is 5.92 Å². The number of unbranched alkanes of at least 4 members (excludes halogenated alkanes) is 1. The van der Waals surface area contributed by atoms with Gasteiger partial charge in [0.1, 0.15) is 17.3 Å². The molecule has 5 nitrogen and oxygen atoms in total. The number of hydrogen-bond acceptors (Lipinski definition) is 5. The van der Waals surface area contributed by atoms with Gasteiger partial charge in [0.2, 0.25) is 0 Å². The van der Waals surface area contributed by atoms with Gasteiger partial charge in [0.15, 0.2) is 0 Å². The van der Waals surface area contributed by atoms with Crippen LogP contribution in [0.5, 0.6) is 5.75 Å². The number of aryl methyl sites for hydroxylation is 3. The molecule has 2 aromatic heterocycles. The van der Waals surface area contributed by atoms with Crippen molar-refractivity contribution >= 4 is 0 Å². The Labute approximate surface area is 170 Å². The number of benzene rings is 1. The highest BCUT2D eigenvalue weighted by Gasteiger charge is 2.37. The van der Waals surface area contributed by atoms with E-state index in [1.165, 1.54) is 0 Å². The monoisotopic (exact) mass is 393 g/mol. The zero-order valence-electron chi connectivity index (χ0n) is 17.0. The van der Waals surface area contributed by atoms with Gasteiger partial charge in [0, 0.05) is 24.0 Å². The topological polar surface area (TPSA) is 76.5 Å². The summed E-state index contributed by atoms with van der Waals surface area (Å²) in [7, 11) is 0. The highest BCUT2D eigenvalue weighted by atomic mass is 16.5. The Hall–Kier alpha value is -2.82. The van der Waals surface area contributed by atoms with Crippen LogP contribution in [-0.2, 0) is 12.8 Å². The molecular weight excluding hydrogens is 366 g/mol. The minimum Gasteiger partial charge on any atom is -0.507 e. The highest BCUT2D eigenvalue weighted by Crippen LogP contribution is 2.47. The second-order valence-corrected chi connectivity index (χ2v) is 8.03. The highest BCUT2D eigenvalue weighted by molar-refractivity contribution is 5.41. The lowest BCUT2D eigenvalue weighted by Gasteiger charge is -2.17. The Balaban J connectivity index is 1.46. The first-order valence-electron chi connectivity index (χ1n) is 10.4. The number of hydrogen-bond donors (Lipinski definition) is 1. The van der Waals surface area contributed by atoms with Crippen molar-refractivity contribution in [3.63, 3.8) is 0 Å². The van der Waals surface area contributed by atoms with Crippen molar-refractivity contribution in [2.75, 3.05) is 0 Å². The first-order valence-corrected chi connectivity index (χ1v) is 10.4. The molecule has 1 unspecified atom stereocenters. The molecule has 0 bridgehead atoms. The zero-order valence-corrected chi connectivity index (χ0v) is 17.0. The van der Waals surface area contributed by atoms with Crippen LogP contribution in [0.2, 0.25) is 0 Å². The molecule has 3 aromatic rings. The molecule has 1 aliphatic carbocycles. The molecule has 1 aliphatic rings. The van der Waals surface area contributed by atoms with Gasteiger partial charge in [0.05, 0.1) is 11.3 Å². The van der Waals surface area contributed by atoms with Crippen LogP contribution in [0.4, 0.5) is 0 Å². The molecule has 1 saturated carbocycles. The summed E-state index contributed by atoms with van der Waals surface area (Å²) in [4.78, 5) is 12.8. The average Bonchev–Trinajstić information content (AvgIpc) is 3.49. The average molecular weight is 393 g/mol. The minimum absolute atomic E-state index is 0.0581. The van der Waals surface area contributed by atoms with Crippen molar-refractivity contribution in [3.8, 4) is 5.75 Å². The van der Waals surface area contributed by atoms with E-state index in [4.69, 9.17) is 8.94 Å². The third kappa shape index (κ3) is 4.29. The van der Waals surface area contributed by atoms with Crippen LogP contribution in [0.15, 0.2) is 50.1 Å². The lowest BCUT2D eigenvalue weighted by molar-refractivity contribution is 0.392. The summed E-state index contributed by atoms with van der Waals surface area (Å²) in [5.74, 6) is 1.76. The molecule has 1 fully saturated rings. The van der Waals surface area contributed by atoms with Crippen LogP contribution >= 0.6 is 0 Å². The molecule has 1 atom stereocenters. The second-order valence-electron chi connectivity index (χ2n) is 8.03. The predicted molar refractivity (Wildman–Crippen MR) is 110 cm³/mol. The SMILES string of the molecule is Cc1noc(C)c1CCCCc1cc(O)c(C(c2ccccc2)C2CC2)c(=O)o1. The van der Waals surface area contributed by atoms with Crippen molar-refractivity contribution in [1.29, 1.82) is 0 Å². The zero-order chi connectivity index (χ0) is 20.4. The largest absolute Gasteiger partial charge is 0.507 e. The molecule has 0 radical (unpaired) electrons. The first-order chi connectivity index (χ1) is 14.0. The lowest BCUT2D eigenvalue weighted by Crippen LogP contribution is -2.16. The Morgan fingerprint density at radius 3 is 2.48 bits per heavy atom. The van der Waals surface area contributed by atoms with Gasteiger partial charge in [-0.2, -0.15) is 0 Å². The molecule has 2 heterocycles. The molecule has 0 saturated heterocycles. The van der Waals surface area contributed by atoms with Crippen LogP contribution in [0.1, 0.15) is 65.5 Å². The summed E-state index contributed by atoms with van der Waals surface area (Å²) in [5, 5.41) is 14.7. The molecule has 1 aromatic carbocycles. The van der Waals surface area contributed by atoms with Gasteiger partial charge in [-0.25, -0.2) is 4.79 Å². The van der Waals surface area contributed by atoms with Gasteiger partial charge in [0.25, 0.3) is 0 Å². The van der Waals surface area contributed by atoms with E-state index in [1.54, 1.807) is 6.07 Å². The maximum atomic E-state index is 12.8. The van der Waals surface area contributed by atoms with Gasteiger partial charge in [-0.05, 0) is 57.4 Å². The fourth-order valence-electron chi connectivity index (χ4n) is 4.17. The Morgan fingerprint density at radius 2 is 1.86 bits per heavy atom.